The molecule has 4 aromatic heterocycles. The van der Waals surface area contributed by atoms with E-state index in [0.717, 1.165) is 93.9 Å². The molecule has 0 radical (unpaired) electrons. The van der Waals surface area contributed by atoms with E-state index >= 15 is 0 Å². The van der Waals surface area contributed by atoms with Crippen LogP contribution in [-0.4, -0.2) is 15.0 Å². The molecule has 63 heavy (non-hydrogen) atoms. The first-order chi connectivity index (χ1) is 31.2. The van der Waals surface area contributed by atoms with E-state index in [1.807, 2.05) is 72.0 Å². The summed E-state index contributed by atoms with van der Waals surface area (Å²) in [5.41, 5.74) is 12.5. The Morgan fingerprint density at radius 3 is 1.76 bits per heavy atom. The Morgan fingerprint density at radius 1 is 0.286 bits per heavy atom. The van der Waals surface area contributed by atoms with Crippen molar-refractivity contribution in [3.05, 3.63) is 200 Å². The number of rotatable bonds is 6. The average molecular weight is 824 g/mol. The van der Waals surface area contributed by atoms with Gasteiger partial charge < -0.3 is 8.83 Å². The van der Waals surface area contributed by atoms with Gasteiger partial charge in [-0.25, -0.2) is 15.0 Å². The number of fused-ring (bicyclic) bond motifs is 9. The molecule has 0 aliphatic rings. The smallest absolute Gasteiger partial charge is 0.164 e. The molecule has 0 spiro atoms. The Morgan fingerprint density at radius 2 is 0.889 bits per heavy atom. The lowest BCUT2D eigenvalue weighted by Gasteiger charge is -2.11. The second-order valence-electron chi connectivity index (χ2n) is 15.9. The van der Waals surface area contributed by atoms with Crippen LogP contribution in [-0.2, 0) is 0 Å². The molecule has 13 aromatic rings. The van der Waals surface area contributed by atoms with Crippen LogP contribution >= 0.6 is 11.3 Å². The molecular formula is C57H33N3O2S. The fraction of sp³-hybridized carbons (Fsp3) is 0. The summed E-state index contributed by atoms with van der Waals surface area (Å²) in [6.07, 6.45) is 0. The summed E-state index contributed by atoms with van der Waals surface area (Å²) in [5.74, 6) is 1.78. The van der Waals surface area contributed by atoms with Crippen molar-refractivity contribution in [1.82, 2.24) is 15.0 Å². The quantitative estimate of drug-likeness (QED) is 0.167. The molecule has 0 amide bonds. The highest BCUT2D eigenvalue weighted by Gasteiger charge is 2.21. The molecule has 294 valence electrons. The van der Waals surface area contributed by atoms with E-state index in [1.165, 1.54) is 20.2 Å². The summed E-state index contributed by atoms with van der Waals surface area (Å²) in [6.45, 7) is 0. The van der Waals surface area contributed by atoms with Crippen LogP contribution in [0.15, 0.2) is 209 Å². The summed E-state index contributed by atoms with van der Waals surface area (Å²) in [4.78, 5) is 15.5. The first-order valence-electron chi connectivity index (χ1n) is 21.0. The maximum absolute atomic E-state index is 6.62. The predicted molar refractivity (Wildman–Crippen MR) is 260 cm³/mol. The molecular weight excluding hydrogens is 791 g/mol. The Balaban J connectivity index is 1.01. The summed E-state index contributed by atoms with van der Waals surface area (Å²) < 4.78 is 15.8. The van der Waals surface area contributed by atoms with Gasteiger partial charge in [-0.3, -0.25) is 0 Å². The second kappa shape index (κ2) is 14.2. The van der Waals surface area contributed by atoms with Crippen molar-refractivity contribution < 1.29 is 8.83 Å². The minimum Gasteiger partial charge on any atom is -0.456 e. The van der Waals surface area contributed by atoms with Crippen molar-refractivity contribution in [2.24, 2.45) is 0 Å². The van der Waals surface area contributed by atoms with Crippen molar-refractivity contribution in [2.45, 2.75) is 0 Å². The van der Waals surface area contributed by atoms with E-state index in [-0.39, 0.29) is 0 Å². The highest BCUT2D eigenvalue weighted by molar-refractivity contribution is 7.25. The van der Waals surface area contributed by atoms with Crippen molar-refractivity contribution >= 4 is 75.4 Å². The predicted octanol–water partition coefficient (Wildman–Crippen LogP) is 16.0. The Labute approximate surface area is 365 Å². The summed E-state index contributed by atoms with van der Waals surface area (Å²) >= 11 is 1.83. The van der Waals surface area contributed by atoms with Gasteiger partial charge in [0.1, 0.15) is 22.3 Å². The van der Waals surface area contributed by atoms with Crippen LogP contribution in [0.25, 0.3) is 132 Å². The largest absolute Gasteiger partial charge is 0.456 e. The van der Waals surface area contributed by atoms with Gasteiger partial charge in [0, 0.05) is 58.4 Å². The molecule has 0 bridgehead atoms. The van der Waals surface area contributed by atoms with Gasteiger partial charge in [0.2, 0.25) is 0 Å². The topological polar surface area (TPSA) is 65.0 Å². The number of hydrogen-bond acceptors (Lipinski definition) is 6. The van der Waals surface area contributed by atoms with E-state index in [4.69, 9.17) is 23.8 Å². The third-order valence-electron chi connectivity index (χ3n) is 12.1. The maximum atomic E-state index is 6.62. The Kier molecular flexibility index (Phi) is 8.01. The zero-order chi connectivity index (χ0) is 41.4. The molecule has 0 aliphatic carbocycles. The van der Waals surface area contributed by atoms with Crippen LogP contribution < -0.4 is 0 Å². The fourth-order valence-corrected chi connectivity index (χ4v) is 10.3. The van der Waals surface area contributed by atoms with Crippen LogP contribution in [0.3, 0.4) is 0 Å². The average Bonchev–Trinajstić information content (AvgIpc) is 4.05. The number of thiophene rings is 1. The van der Waals surface area contributed by atoms with Gasteiger partial charge in [-0.05, 0) is 88.0 Å². The van der Waals surface area contributed by atoms with Gasteiger partial charge in [0.15, 0.2) is 17.5 Å². The SMILES string of the molecule is c1ccc(-c2cccc(-c3nc(-c4ccccc4)nc(-c4cccc5oc6ccc(-c7cc(-c8ccc9c(c8)sc8ccccc89)cc8oc9ccccc9c78)cc6c45)n3)c2)cc1. The fourth-order valence-electron chi connectivity index (χ4n) is 9.15. The highest BCUT2D eigenvalue weighted by atomic mass is 32.1. The molecule has 0 saturated carbocycles. The molecule has 4 heterocycles. The molecule has 6 heteroatoms. The molecule has 0 atom stereocenters. The Hall–Kier alpha value is -8.19. The first kappa shape index (κ1) is 35.6. The lowest BCUT2D eigenvalue weighted by molar-refractivity contribution is 0.669. The van der Waals surface area contributed by atoms with Gasteiger partial charge in [-0.1, -0.05) is 146 Å². The van der Waals surface area contributed by atoms with Crippen LogP contribution in [0.4, 0.5) is 0 Å². The van der Waals surface area contributed by atoms with E-state index in [1.54, 1.807) is 0 Å². The molecule has 0 unspecified atom stereocenters. The van der Waals surface area contributed by atoms with Crippen LogP contribution in [0.5, 0.6) is 0 Å². The van der Waals surface area contributed by atoms with E-state index < -0.39 is 0 Å². The first-order valence-corrected chi connectivity index (χ1v) is 21.8. The lowest BCUT2D eigenvalue weighted by atomic mass is 9.93. The molecule has 13 rings (SSSR count). The second-order valence-corrected chi connectivity index (χ2v) is 17.0. The van der Waals surface area contributed by atoms with E-state index in [2.05, 4.69) is 140 Å². The molecule has 9 aromatic carbocycles. The minimum atomic E-state index is 0.574. The summed E-state index contributed by atoms with van der Waals surface area (Å²) in [7, 11) is 0. The lowest BCUT2D eigenvalue weighted by Crippen LogP contribution is -2.00. The van der Waals surface area contributed by atoms with Crippen molar-refractivity contribution in [3.8, 4) is 67.5 Å². The van der Waals surface area contributed by atoms with E-state index in [0.29, 0.717) is 17.5 Å². The monoisotopic (exact) mass is 823 g/mol. The number of hydrogen-bond donors (Lipinski definition) is 0. The minimum absolute atomic E-state index is 0.574. The van der Waals surface area contributed by atoms with Crippen LogP contribution in [0.1, 0.15) is 0 Å². The Bertz CT molecular complexity index is 3920. The van der Waals surface area contributed by atoms with Gasteiger partial charge in [0.25, 0.3) is 0 Å². The van der Waals surface area contributed by atoms with Crippen molar-refractivity contribution in [1.29, 1.82) is 0 Å². The summed E-state index contributed by atoms with van der Waals surface area (Å²) in [6, 6.07) is 69.8. The number of benzene rings is 9. The summed E-state index contributed by atoms with van der Waals surface area (Å²) in [5, 5.41) is 6.65. The number of nitrogens with zero attached hydrogens (tertiary/aromatic N) is 3. The zero-order valence-electron chi connectivity index (χ0n) is 33.6. The van der Waals surface area contributed by atoms with E-state index in [9.17, 15) is 0 Å². The third kappa shape index (κ3) is 5.95. The zero-order valence-corrected chi connectivity index (χ0v) is 34.4. The van der Waals surface area contributed by atoms with Crippen molar-refractivity contribution in [3.63, 3.8) is 0 Å². The van der Waals surface area contributed by atoms with Crippen LogP contribution in [0, 0.1) is 0 Å². The highest BCUT2D eigenvalue weighted by Crippen LogP contribution is 2.44. The number of aromatic nitrogens is 3. The normalized spacial score (nSPS) is 11.8. The molecule has 0 saturated heterocycles. The maximum Gasteiger partial charge on any atom is 0.164 e. The third-order valence-corrected chi connectivity index (χ3v) is 13.3. The van der Waals surface area contributed by atoms with Gasteiger partial charge in [0.05, 0.1) is 0 Å². The molecule has 0 aliphatic heterocycles. The molecule has 0 fully saturated rings. The number of furan rings is 2. The van der Waals surface area contributed by atoms with Gasteiger partial charge in [-0.2, -0.15) is 0 Å². The van der Waals surface area contributed by atoms with Crippen LogP contribution in [0.2, 0.25) is 0 Å². The van der Waals surface area contributed by atoms with Gasteiger partial charge >= 0.3 is 0 Å². The number of para-hydroxylation sites is 1. The molecule has 0 N–H and O–H groups in total. The molecule has 5 nitrogen and oxygen atoms in total. The van der Waals surface area contributed by atoms with Gasteiger partial charge in [-0.15, -0.1) is 11.3 Å². The van der Waals surface area contributed by atoms with Crippen molar-refractivity contribution in [2.75, 3.05) is 0 Å². The standard InChI is InChI=1S/C57H33N3O2S/c1-3-13-34(14-4-1)36-17-11-18-39(29-36)56-58-55(35-15-5-2-6-16-35)59-57(60-56)44-21-12-23-49-54(44)46-30-38(26-28-48(46)61-49)45-31-40(32-50-53(45)43-20-7-9-22-47(43)62-50)37-25-27-42-41-19-8-10-24-51(41)63-52(42)33-37/h1-33H.